The van der Waals surface area contributed by atoms with E-state index in [1.807, 2.05) is 27.8 Å². The summed E-state index contributed by atoms with van der Waals surface area (Å²) in [7, 11) is 1.83. The molecule has 7 heteroatoms. The molecule has 0 amide bonds. The smallest absolute Gasteiger partial charge is 0.207 e. The van der Waals surface area contributed by atoms with Gasteiger partial charge in [-0.2, -0.15) is 25.2 Å². The highest BCUT2D eigenvalue weighted by atomic mass is 19.1. The van der Waals surface area contributed by atoms with E-state index in [-0.39, 0.29) is 18.3 Å². The molecule has 0 aliphatic rings. The maximum absolute atomic E-state index is 12.7. The van der Waals surface area contributed by atoms with E-state index in [0.29, 0.717) is 0 Å². The topological polar surface area (TPSA) is 61.4 Å². The van der Waals surface area contributed by atoms with E-state index < -0.39 is 6.30 Å². The lowest BCUT2D eigenvalue weighted by atomic mass is 9.93. The molecule has 0 N–H and O–H groups in total. The summed E-state index contributed by atoms with van der Waals surface area (Å²) in [4.78, 5) is 2.67. The first-order valence-electron chi connectivity index (χ1n) is 7.34. The van der Waals surface area contributed by atoms with Crippen molar-refractivity contribution in [1.82, 2.24) is 30.0 Å². The molecule has 0 fully saturated rings. The minimum Gasteiger partial charge on any atom is -0.220 e. The third kappa shape index (κ3) is 6.46. The summed E-state index contributed by atoms with van der Waals surface area (Å²) in [6, 6.07) is 0. The van der Waals surface area contributed by atoms with Crippen molar-refractivity contribution in [3.63, 3.8) is 0 Å². The summed E-state index contributed by atoms with van der Waals surface area (Å²) in [5, 5.41) is 16.0. The Morgan fingerprint density at radius 3 is 1.57 bits per heavy atom. The van der Waals surface area contributed by atoms with Crippen LogP contribution in [0.2, 0.25) is 0 Å². The number of alkyl halides is 1. The molecule has 0 aliphatic carbocycles. The molecule has 2 rings (SSSR count). The summed E-state index contributed by atoms with van der Waals surface area (Å²) in [5.74, 6) is 0. The molecule has 2 heterocycles. The molecule has 1 atom stereocenters. The van der Waals surface area contributed by atoms with Gasteiger partial charge in [0.05, 0.1) is 23.8 Å². The lowest BCUT2D eigenvalue weighted by molar-refractivity contribution is 0.218. The molecule has 23 heavy (non-hydrogen) atoms. The summed E-state index contributed by atoms with van der Waals surface area (Å²) in [5.41, 5.74) is 1.91. The molecule has 0 aliphatic heterocycles. The summed E-state index contributed by atoms with van der Waals surface area (Å²) in [6.07, 6.45) is 2.26. The predicted octanol–water partition coefficient (Wildman–Crippen LogP) is 3.81. The van der Waals surface area contributed by atoms with Crippen LogP contribution in [0.3, 0.4) is 0 Å². The second-order valence-electron chi connectivity index (χ2n) is 7.34. The van der Waals surface area contributed by atoms with Crippen LogP contribution in [0.5, 0.6) is 0 Å². The van der Waals surface area contributed by atoms with E-state index in [2.05, 4.69) is 41.2 Å². The lowest BCUT2D eigenvalue weighted by Gasteiger charge is -2.13. The van der Waals surface area contributed by atoms with Crippen molar-refractivity contribution in [1.29, 1.82) is 0 Å². The van der Waals surface area contributed by atoms with Gasteiger partial charge in [0.25, 0.3) is 0 Å². The van der Waals surface area contributed by atoms with Crippen molar-refractivity contribution in [2.45, 2.75) is 73.0 Å². The molecule has 0 bridgehead atoms. The summed E-state index contributed by atoms with van der Waals surface area (Å²) < 4.78 is 12.7. The molecule has 2 aromatic heterocycles. The van der Waals surface area contributed by atoms with Crippen LogP contribution in [0.15, 0.2) is 12.4 Å². The first-order valence-corrected chi connectivity index (χ1v) is 7.34. The Morgan fingerprint density at radius 1 is 0.913 bits per heavy atom. The Morgan fingerprint density at radius 2 is 1.35 bits per heavy atom. The molecule has 2 aromatic rings. The third-order valence-corrected chi connectivity index (χ3v) is 2.96. The van der Waals surface area contributed by atoms with Gasteiger partial charge in [0.2, 0.25) is 6.30 Å². The number of rotatable bonds is 1. The van der Waals surface area contributed by atoms with Crippen molar-refractivity contribution in [3.05, 3.63) is 23.8 Å². The minimum absolute atomic E-state index is 0. The van der Waals surface area contributed by atoms with E-state index in [0.717, 1.165) is 16.2 Å². The van der Waals surface area contributed by atoms with Gasteiger partial charge in [0.15, 0.2) is 0 Å². The zero-order valence-electron chi connectivity index (χ0n) is 14.8. The first-order chi connectivity index (χ1) is 9.91. The zero-order valence-corrected chi connectivity index (χ0v) is 14.8. The van der Waals surface area contributed by atoms with Crippen LogP contribution in [-0.2, 0) is 17.9 Å². The van der Waals surface area contributed by atoms with E-state index in [9.17, 15) is 4.39 Å². The average molecular weight is 326 g/mol. The molecule has 1 unspecified atom stereocenters. The minimum atomic E-state index is -1.15. The summed E-state index contributed by atoms with van der Waals surface area (Å²) in [6.45, 7) is 13.8. The number of hydrogen-bond donors (Lipinski definition) is 0. The van der Waals surface area contributed by atoms with E-state index in [4.69, 9.17) is 0 Å². The van der Waals surface area contributed by atoms with Gasteiger partial charge >= 0.3 is 0 Å². The number of aromatic nitrogens is 6. The van der Waals surface area contributed by atoms with E-state index >= 15 is 0 Å². The third-order valence-electron chi connectivity index (χ3n) is 2.96. The van der Waals surface area contributed by atoms with Crippen LogP contribution < -0.4 is 0 Å². The second-order valence-corrected chi connectivity index (χ2v) is 7.34. The highest BCUT2D eigenvalue weighted by Gasteiger charge is 2.18. The highest BCUT2D eigenvalue weighted by Crippen LogP contribution is 2.19. The molecule has 0 aromatic carbocycles. The van der Waals surface area contributed by atoms with Gasteiger partial charge in [0.1, 0.15) is 0 Å². The van der Waals surface area contributed by atoms with Gasteiger partial charge in [0, 0.05) is 17.9 Å². The normalized spacial score (nSPS) is 12.9. The number of hydrogen-bond acceptors (Lipinski definition) is 4. The van der Waals surface area contributed by atoms with Gasteiger partial charge in [-0.3, -0.25) is 0 Å². The van der Waals surface area contributed by atoms with Gasteiger partial charge in [-0.05, 0) is 6.92 Å². The van der Waals surface area contributed by atoms with Crippen molar-refractivity contribution in [2.75, 3.05) is 0 Å². The van der Waals surface area contributed by atoms with Crippen molar-refractivity contribution < 1.29 is 4.39 Å². The highest BCUT2D eigenvalue weighted by molar-refractivity contribution is 5.06. The van der Waals surface area contributed by atoms with Crippen molar-refractivity contribution in [3.8, 4) is 0 Å². The van der Waals surface area contributed by atoms with Gasteiger partial charge in [-0.25, -0.2) is 4.39 Å². The molecule has 0 saturated carbocycles. The van der Waals surface area contributed by atoms with Crippen LogP contribution in [0.1, 0.15) is 73.6 Å². The molecule has 132 valence electrons. The maximum atomic E-state index is 12.7. The quantitative estimate of drug-likeness (QED) is 0.799. The Kier molecular flexibility index (Phi) is 7.06. The van der Waals surface area contributed by atoms with Gasteiger partial charge in [-0.15, -0.1) is 4.80 Å². The summed E-state index contributed by atoms with van der Waals surface area (Å²) >= 11 is 0. The van der Waals surface area contributed by atoms with Gasteiger partial charge in [-0.1, -0.05) is 49.0 Å². The lowest BCUT2D eigenvalue weighted by Crippen LogP contribution is -2.13. The van der Waals surface area contributed by atoms with Crippen molar-refractivity contribution in [2.24, 2.45) is 7.05 Å². The molecule has 6 nitrogen and oxygen atoms in total. The molecular weight excluding hydrogens is 295 g/mol. The largest absolute Gasteiger partial charge is 0.220 e. The maximum Gasteiger partial charge on any atom is 0.207 e. The Balaban J connectivity index is 0.000000409. The second kappa shape index (κ2) is 7.66. The molecule has 0 radical (unpaired) electrons. The SMILES string of the molecule is C.CC(F)n1ncc(C(C)(C)C)n1.Cn1ncc(C(C)(C)C)n1. The van der Waals surface area contributed by atoms with Crippen LogP contribution in [0, 0.1) is 0 Å². The fraction of sp³-hybridized carbons (Fsp3) is 0.750. The van der Waals surface area contributed by atoms with Gasteiger partial charge < -0.3 is 0 Å². The predicted molar refractivity (Wildman–Crippen MR) is 91.0 cm³/mol. The molecular formula is C16H31FN6. The molecule has 0 spiro atoms. The Hall–Kier alpha value is -1.79. The van der Waals surface area contributed by atoms with Crippen LogP contribution in [0.4, 0.5) is 4.39 Å². The fourth-order valence-electron chi connectivity index (χ4n) is 1.48. The Labute approximate surface area is 139 Å². The van der Waals surface area contributed by atoms with Crippen LogP contribution in [-0.4, -0.2) is 30.0 Å². The zero-order chi connectivity index (χ0) is 17.1. The van der Waals surface area contributed by atoms with Crippen molar-refractivity contribution >= 4 is 0 Å². The standard InChI is InChI=1S/C8H14FN3.C7H13N3.CH4/c1-6(9)12-10-5-7(11-12)8(2,3)4;1-7(2,3)6-5-8-10(4)9-6;/h5-6H,1-4H3;5H,1-4H3;1H4. The molecule has 0 saturated heterocycles. The first kappa shape index (κ1) is 21.2. The van der Waals surface area contributed by atoms with Crippen LogP contribution in [0.25, 0.3) is 0 Å². The Bertz CT molecular complexity index is 586. The fourth-order valence-corrected chi connectivity index (χ4v) is 1.48. The monoisotopic (exact) mass is 326 g/mol. The number of halogens is 1. The average Bonchev–Trinajstić information content (AvgIpc) is 2.95. The van der Waals surface area contributed by atoms with Crippen LogP contribution >= 0.6 is 0 Å². The van der Waals surface area contributed by atoms with E-state index in [1.54, 1.807) is 17.2 Å². The number of aryl methyl sites for hydroxylation is 1. The van der Waals surface area contributed by atoms with E-state index in [1.165, 1.54) is 6.92 Å². The number of nitrogens with zero attached hydrogens (tertiary/aromatic N) is 6.